The van der Waals surface area contributed by atoms with E-state index in [-0.39, 0.29) is 11.9 Å². The van der Waals surface area contributed by atoms with Gasteiger partial charge < -0.3 is 15.3 Å². The van der Waals surface area contributed by atoms with Gasteiger partial charge >= 0.3 is 12.0 Å². The summed E-state index contributed by atoms with van der Waals surface area (Å²) in [5, 5.41) is 11.6. The molecule has 1 rings (SSSR count). The largest absolute Gasteiger partial charge is 0.480 e. The first kappa shape index (κ1) is 12.8. The van der Waals surface area contributed by atoms with Crippen molar-refractivity contribution in [2.24, 2.45) is 5.92 Å². The number of nitrogens with one attached hydrogen (secondary N) is 1. The Kier molecular flexibility index (Phi) is 4.58. The van der Waals surface area contributed by atoms with Crippen LogP contribution in [0.25, 0.3) is 0 Å². The van der Waals surface area contributed by atoms with Gasteiger partial charge in [-0.3, -0.25) is 0 Å². The maximum Gasteiger partial charge on any atom is 0.326 e. The molecule has 0 aromatic rings. The Morgan fingerprint density at radius 3 is 2.38 bits per heavy atom. The Morgan fingerprint density at radius 1 is 1.38 bits per heavy atom. The summed E-state index contributed by atoms with van der Waals surface area (Å²) in [7, 11) is 0. The van der Waals surface area contributed by atoms with Crippen LogP contribution in [0.5, 0.6) is 0 Å². The molecular weight excluding hydrogens is 208 g/mol. The van der Waals surface area contributed by atoms with Crippen LogP contribution in [0.2, 0.25) is 0 Å². The van der Waals surface area contributed by atoms with Crippen molar-refractivity contribution >= 4 is 12.0 Å². The summed E-state index contributed by atoms with van der Waals surface area (Å²) in [5.74, 6) is -1.01. The van der Waals surface area contributed by atoms with Crippen molar-refractivity contribution in [3.63, 3.8) is 0 Å². The van der Waals surface area contributed by atoms with E-state index in [4.69, 9.17) is 5.11 Å². The van der Waals surface area contributed by atoms with Gasteiger partial charge in [-0.2, -0.15) is 0 Å². The molecule has 1 fully saturated rings. The van der Waals surface area contributed by atoms with Crippen molar-refractivity contribution in [3.8, 4) is 0 Å². The standard InChI is InChI=1S/C11H20N2O3/c1-3-8(2)9(10(14)15)12-11(16)13-6-4-5-7-13/h8-9H,3-7H2,1-2H3,(H,12,16)(H,14,15)/t8-,9+/m0/s1. The first-order chi connectivity index (χ1) is 7.56. The van der Waals surface area contributed by atoms with Gasteiger partial charge in [-0.15, -0.1) is 0 Å². The quantitative estimate of drug-likeness (QED) is 0.761. The topological polar surface area (TPSA) is 69.6 Å². The van der Waals surface area contributed by atoms with E-state index in [1.807, 2.05) is 13.8 Å². The third-order valence-corrected chi connectivity index (χ3v) is 3.15. The highest BCUT2D eigenvalue weighted by Gasteiger charge is 2.28. The molecule has 1 aliphatic heterocycles. The summed E-state index contributed by atoms with van der Waals surface area (Å²) >= 11 is 0. The minimum Gasteiger partial charge on any atom is -0.480 e. The van der Waals surface area contributed by atoms with Crippen molar-refractivity contribution in [1.29, 1.82) is 0 Å². The van der Waals surface area contributed by atoms with Crippen molar-refractivity contribution in [1.82, 2.24) is 10.2 Å². The maximum atomic E-state index is 11.7. The zero-order valence-electron chi connectivity index (χ0n) is 9.90. The van der Waals surface area contributed by atoms with E-state index in [1.54, 1.807) is 4.90 Å². The Morgan fingerprint density at radius 2 is 1.94 bits per heavy atom. The fourth-order valence-electron chi connectivity index (χ4n) is 1.83. The molecule has 0 aromatic heterocycles. The van der Waals surface area contributed by atoms with E-state index >= 15 is 0 Å². The number of amides is 2. The zero-order valence-corrected chi connectivity index (χ0v) is 9.90. The minimum atomic E-state index is -0.957. The predicted octanol–water partition coefficient (Wildman–Crippen LogP) is 1.29. The van der Waals surface area contributed by atoms with E-state index in [0.717, 1.165) is 32.4 Å². The molecule has 2 N–H and O–H groups in total. The first-order valence-corrected chi connectivity index (χ1v) is 5.84. The van der Waals surface area contributed by atoms with Crippen molar-refractivity contribution in [3.05, 3.63) is 0 Å². The molecule has 1 saturated heterocycles. The molecular formula is C11H20N2O3. The van der Waals surface area contributed by atoms with E-state index in [9.17, 15) is 9.59 Å². The number of urea groups is 1. The van der Waals surface area contributed by atoms with Crippen LogP contribution in [0, 0.1) is 5.92 Å². The second-order valence-electron chi connectivity index (χ2n) is 4.35. The molecule has 0 aromatic carbocycles. The number of carboxylic acid groups (broad SMARTS) is 1. The lowest BCUT2D eigenvalue weighted by Gasteiger charge is -2.23. The molecule has 0 aliphatic carbocycles. The normalized spacial score (nSPS) is 19.2. The van der Waals surface area contributed by atoms with Gasteiger partial charge in [0.2, 0.25) is 0 Å². The van der Waals surface area contributed by atoms with Crippen LogP contribution >= 0.6 is 0 Å². The van der Waals surface area contributed by atoms with Gasteiger partial charge in [0, 0.05) is 13.1 Å². The Labute approximate surface area is 95.8 Å². The Balaban J connectivity index is 2.53. The minimum absolute atomic E-state index is 0.0518. The average Bonchev–Trinajstić information content (AvgIpc) is 2.77. The van der Waals surface area contributed by atoms with Gasteiger partial charge in [0.05, 0.1) is 0 Å². The summed E-state index contributed by atoms with van der Waals surface area (Å²) in [6, 6.07) is -1.02. The fraction of sp³-hybridized carbons (Fsp3) is 0.818. The number of carboxylic acids is 1. The van der Waals surface area contributed by atoms with Gasteiger partial charge in [-0.05, 0) is 18.8 Å². The highest BCUT2D eigenvalue weighted by Crippen LogP contribution is 2.11. The SMILES string of the molecule is CC[C@H](C)[C@@H](NC(=O)N1CCCC1)C(=O)O. The summed E-state index contributed by atoms with van der Waals surface area (Å²) in [4.78, 5) is 24.4. The molecule has 0 unspecified atom stereocenters. The summed E-state index contributed by atoms with van der Waals surface area (Å²) in [6.07, 6.45) is 2.75. The first-order valence-electron chi connectivity index (χ1n) is 5.84. The summed E-state index contributed by atoms with van der Waals surface area (Å²) < 4.78 is 0. The lowest BCUT2D eigenvalue weighted by atomic mass is 9.99. The molecule has 1 heterocycles. The maximum absolute atomic E-state index is 11.7. The number of hydrogen-bond acceptors (Lipinski definition) is 2. The molecule has 2 atom stereocenters. The Hall–Kier alpha value is -1.26. The fourth-order valence-corrected chi connectivity index (χ4v) is 1.83. The van der Waals surface area contributed by atoms with Gasteiger partial charge in [-0.25, -0.2) is 9.59 Å². The van der Waals surface area contributed by atoms with Gasteiger partial charge in [-0.1, -0.05) is 20.3 Å². The molecule has 16 heavy (non-hydrogen) atoms. The van der Waals surface area contributed by atoms with Gasteiger partial charge in [0.1, 0.15) is 6.04 Å². The molecule has 5 heteroatoms. The number of aliphatic carboxylic acids is 1. The van der Waals surface area contributed by atoms with Crippen LogP contribution in [0.1, 0.15) is 33.1 Å². The molecule has 0 radical (unpaired) electrons. The molecule has 92 valence electrons. The highest BCUT2D eigenvalue weighted by atomic mass is 16.4. The van der Waals surface area contributed by atoms with Crippen LogP contribution in [0.4, 0.5) is 4.79 Å². The monoisotopic (exact) mass is 228 g/mol. The zero-order chi connectivity index (χ0) is 12.1. The van der Waals surface area contributed by atoms with E-state index in [0.29, 0.717) is 0 Å². The average molecular weight is 228 g/mol. The van der Waals surface area contributed by atoms with Crippen molar-refractivity contribution in [2.45, 2.75) is 39.2 Å². The molecule has 0 saturated carbocycles. The number of carbonyl (C=O) groups is 2. The van der Waals surface area contributed by atoms with Crippen LogP contribution in [0.15, 0.2) is 0 Å². The highest BCUT2D eigenvalue weighted by molar-refractivity contribution is 5.82. The van der Waals surface area contributed by atoms with Crippen molar-refractivity contribution < 1.29 is 14.7 Å². The van der Waals surface area contributed by atoms with Gasteiger partial charge in [0.15, 0.2) is 0 Å². The lowest BCUT2D eigenvalue weighted by molar-refractivity contribution is -0.140. The van der Waals surface area contributed by atoms with E-state index < -0.39 is 12.0 Å². The number of hydrogen-bond donors (Lipinski definition) is 2. The molecule has 2 amide bonds. The smallest absolute Gasteiger partial charge is 0.326 e. The number of nitrogens with zero attached hydrogens (tertiary/aromatic N) is 1. The Bertz CT molecular complexity index is 262. The van der Waals surface area contributed by atoms with E-state index in [1.165, 1.54) is 0 Å². The van der Waals surface area contributed by atoms with E-state index in [2.05, 4.69) is 5.32 Å². The number of carbonyl (C=O) groups excluding carboxylic acids is 1. The number of likely N-dealkylation sites (tertiary alicyclic amines) is 1. The van der Waals surface area contributed by atoms with Crippen molar-refractivity contribution in [2.75, 3.05) is 13.1 Å². The lowest BCUT2D eigenvalue weighted by Crippen LogP contribution is -2.49. The molecule has 0 bridgehead atoms. The van der Waals surface area contributed by atoms with Crippen LogP contribution in [-0.2, 0) is 4.79 Å². The van der Waals surface area contributed by atoms with Gasteiger partial charge in [0.25, 0.3) is 0 Å². The van der Waals surface area contributed by atoms with Crippen LogP contribution < -0.4 is 5.32 Å². The third-order valence-electron chi connectivity index (χ3n) is 3.15. The summed E-state index contributed by atoms with van der Waals surface area (Å²) in [6.45, 7) is 5.23. The second kappa shape index (κ2) is 5.72. The van der Waals surface area contributed by atoms with Crippen LogP contribution in [-0.4, -0.2) is 41.1 Å². The number of rotatable bonds is 4. The molecule has 0 spiro atoms. The molecule has 5 nitrogen and oxygen atoms in total. The summed E-state index contributed by atoms with van der Waals surface area (Å²) in [5.41, 5.74) is 0. The third kappa shape index (κ3) is 3.12. The predicted molar refractivity (Wildman–Crippen MR) is 60.2 cm³/mol. The second-order valence-corrected chi connectivity index (χ2v) is 4.35. The van der Waals surface area contributed by atoms with Crippen LogP contribution in [0.3, 0.4) is 0 Å². The molecule has 1 aliphatic rings.